The van der Waals surface area contributed by atoms with Gasteiger partial charge in [-0.1, -0.05) is 0 Å². The highest BCUT2D eigenvalue weighted by molar-refractivity contribution is 5.28. The van der Waals surface area contributed by atoms with E-state index in [4.69, 9.17) is 9.94 Å². The van der Waals surface area contributed by atoms with E-state index in [1.807, 2.05) is 13.0 Å². The van der Waals surface area contributed by atoms with Gasteiger partial charge in [-0.3, -0.25) is 0 Å². The topological polar surface area (TPSA) is 45.6 Å². The van der Waals surface area contributed by atoms with E-state index in [9.17, 15) is 0 Å². The van der Waals surface area contributed by atoms with Crippen LogP contribution in [0.15, 0.2) is 12.3 Å². The quantitative estimate of drug-likeness (QED) is 0.714. The standard InChI is InChI=1S/C9H14N2O2/c1-7-4-8(6-11(2)12)5-10-9(7)13-3/h4-5,12H,6H2,1-3H3. The Morgan fingerprint density at radius 1 is 1.62 bits per heavy atom. The van der Waals surface area contributed by atoms with Gasteiger partial charge in [-0.15, -0.1) is 0 Å². The molecule has 1 heterocycles. The maximum atomic E-state index is 9.00. The number of hydrogen-bond acceptors (Lipinski definition) is 4. The summed E-state index contributed by atoms with van der Waals surface area (Å²) in [6.45, 7) is 2.39. The molecule has 0 atom stereocenters. The van der Waals surface area contributed by atoms with E-state index >= 15 is 0 Å². The zero-order valence-electron chi connectivity index (χ0n) is 8.11. The average Bonchev–Trinajstić information content (AvgIpc) is 2.03. The van der Waals surface area contributed by atoms with Crippen molar-refractivity contribution < 1.29 is 9.94 Å². The number of pyridine rings is 1. The van der Waals surface area contributed by atoms with Gasteiger partial charge in [0.2, 0.25) is 5.88 Å². The Morgan fingerprint density at radius 2 is 2.31 bits per heavy atom. The van der Waals surface area contributed by atoms with Crippen molar-refractivity contribution in [3.05, 3.63) is 23.4 Å². The summed E-state index contributed by atoms with van der Waals surface area (Å²) in [5.74, 6) is 0.629. The van der Waals surface area contributed by atoms with Crippen LogP contribution in [0.1, 0.15) is 11.1 Å². The summed E-state index contributed by atoms with van der Waals surface area (Å²) in [5.41, 5.74) is 1.94. The highest BCUT2D eigenvalue weighted by Gasteiger charge is 2.02. The predicted molar refractivity (Wildman–Crippen MR) is 48.8 cm³/mol. The van der Waals surface area contributed by atoms with Gasteiger partial charge < -0.3 is 9.94 Å². The average molecular weight is 182 g/mol. The molecule has 0 fully saturated rings. The van der Waals surface area contributed by atoms with Crippen LogP contribution in [0.2, 0.25) is 0 Å². The van der Waals surface area contributed by atoms with Crippen molar-refractivity contribution in [3.63, 3.8) is 0 Å². The van der Waals surface area contributed by atoms with E-state index in [1.165, 1.54) is 0 Å². The van der Waals surface area contributed by atoms with Crippen molar-refractivity contribution in [2.45, 2.75) is 13.5 Å². The molecular formula is C9H14N2O2. The van der Waals surface area contributed by atoms with E-state index in [0.717, 1.165) is 16.2 Å². The Bertz CT molecular complexity index is 287. The number of ether oxygens (including phenoxy) is 1. The van der Waals surface area contributed by atoms with Gasteiger partial charge in [0.05, 0.1) is 13.7 Å². The van der Waals surface area contributed by atoms with Gasteiger partial charge in [-0.2, -0.15) is 5.06 Å². The third-order valence-corrected chi connectivity index (χ3v) is 1.69. The van der Waals surface area contributed by atoms with Crippen LogP contribution < -0.4 is 4.74 Å². The lowest BCUT2D eigenvalue weighted by Crippen LogP contribution is -2.12. The molecular weight excluding hydrogens is 168 g/mol. The molecule has 0 bridgehead atoms. The van der Waals surface area contributed by atoms with Crippen molar-refractivity contribution in [3.8, 4) is 5.88 Å². The fraction of sp³-hybridized carbons (Fsp3) is 0.444. The summed E-state index contributed by atoms with van der Waals surface area (Å²) >= 11 is 0. The molecule has 0 spiro atoms. The van der Waals surface area contributed by atoms with Crippen LogP contribution in [0, 0.1) is 6.92 Å². The number of aryl methyl sites for hydroxylation is 1. The second kappa shape index (κ2) is 4.20. The molecule has 1 rings (SSSR count). The number of hydroxylamine groups is 2. The Hall–Kier alpha value is -1.13. The Labute approximate surface area is 77.7 Å². The third kappa shape index (κ3) is 2.68. The molecule has 0 aliphatic heterocycles. The molecule has 4 nitrogen and oxygen atoms in total. The van der Waals surface area contributed by atoms with Crippen LogP contribution in [0.5, 0.6) is 5.88 Å². The molecule has 13 heavy (non-hydrogen) atoms. The summed E-state index contributed by atoms with van der Waals surface area (Å²) in [6.07, 6.45) is 1.69. The predicted octanol–water partition coefficient (Wildman–Crippen LogP) is 1.22. The fourth-order valence-electron chi connectivity index (χ4n) is 1.18. The maximum Gasteiger partial charge on any atom is 0.215 e. The summed E-state index contributed by atoms with van der Waals surface area (Å²) in [7, 11) is 3.19. The molecule has 72 valence electrons. The van der Waals surface area contributed by atoms with E-state index in [-0.39, 0.29) is 0 Å². The first-order valence-electron chi connectivity index (χ1n) is 4.03. The van der Waals surface area contributed by atoms with Crippen molar-refractivity contribution >= 4 is 0 Å². The summed E-state index contributed by atoms with van der Waals surface area (Å²) in [4.78, 5) is 4.09. The van der Waals surface area contributed by atoms with Crippen molar-refractivity contribution in [1.82, 2.24) is 10.0 Å². The van der Waals surface area contributed by atoms with Crippen LogP contribution in [0.4, 0.5) is 0 Å². The summed E-state index contributed by atoms with van der Waals surface area (Å²) < 4.78 is 5.02. The van der Waals surface area contributed by atoms with E-state index in [1.54, 1.807) is 20.4 Å². The molecule has 4 heteroatoms. The molecule has 1 aromatic rings. The third-order valence-electron chi connectivity index (χ3n) is 1.69. The Kier molecular flexibility index (Phi) is 3.22. The van der Waals surface area contributed by atoms with Gasteiger partial charge in [0, 0.05) is 18.8 Å². The second-order valence-electron chi connectivity index (χ2n) is 2.99. The van der Waals surface area contributed by atoms with Gasteiger partial charge in [-0.05, 0) is 18.6 Å². The zero-order valence-corrected chi connectivity index (χ0v) is 8.11. The lowest BCUT2D eigenvalue weighted by atomic mass is 10.2. The highest BCUT2D eigenvalue weighted by atomic mass is 16.5. The van der Waals surface area contributed by atoms with E-state index in [2.05, 4.69) is 4.98 Å². The first kappa shape index (κ1) is 9.95. The Balaban J connectivity index is 2.83. The van der Waals surface area contributed by atoms with Gasteiger partial charge in [-0.25, -0.2) is 4.98 Å². The number of hydrogen-bond donors (Lipinski definition) is 1. The Morgan fingerprint density at radius 3 is 2.77 bits per heavy atom. The molecule has 0 aromatic carbocycles. The van der Waals surface area contributed by atoms with Gasteiger partial charge in [0.1, 0.15) is 0 Å². The minimum atomic E-state index is 0.470. The summed E-state index contributed by atoms with van der Waals surface area (Å²) in [5, 5.41) is 10.1. The zero-order chi connectivity index (χ0) is 9.84. The fourth-order valence-corrected chi connectivity index (χ4v) is 1.18. The number of methoxy groups -OCH3 is 1. The van der Waals surface area contributed by atoms with Gasteiger partial charge in [0.25, 0.3) is 0 Å². The summed E-state index contributed by atoms with van der Waals surface area (Å²) in [6, 6.07) is 1.94. The van der Waals surface area contributed by atoms with Gasteiger partial charge in [0.15, 0.2) is 0 Å². The molecule has 0 saturated carbocycles. The molecule has 0 aliphatic carbocycles. The largest absolute Gasteiger partial charge is 0.481 e. The highest BCUT2D eigenvalue weighted by Crippen LogP contribution is 2.14. The lowest BCUT2D eigenvalue weighted by Gasteiger charge is -2.09. The molecule has 0 amide bonds. The van der Waals surface area contributed by atoms with Crippen LogP contribution >= 0.6 is 0 Å². The van der Waals surface area contributed by atoms with E-state index in [0.29, 0.717) is 12.4 Å². The first-order chi connectivity index (χ1) is 6.13. The van der Waals surface area contributed by atoms with Crippen molar-refractivity contribution in [2.24, 2.45) is 0 Å². The minimum absolute atomic E-state index is 0.470. The lowest BCUT2D eigenvalue weighted by molar-refractivity contribution is -0.0732. The van der Waals surface area contributed by atoms with Crippen LogP contribution in [0.25, 0.3) is 0 Å². The number of nitrogens with zero attached hydrogens (tertiary/aromatic N) is 2. The molecule has 0 unspecified atom stereocenters. The number of rotatable bonds is 3. The van der Waals surface area contributed by atoms with Crippen molar-refractivity contribution in [2.75, 3.05) is 14.2 Å². The van der Waals surface area contributed by atoms with Crippen molar-refractivity contribution in [1.29, 1.82) is 0 Å². The minimum Gasteiger partial charge on any atom is -0.481 e. The normalized spacial score (nSPS) is 10.5. The SMILES string of the molecule is COc1ncc(CN(C)O)cc1C. The molecule has 0 aliphatic rings. The smallest absolute Gasteiger partial charge is 0.215 e. The molecule has 1 aromatic heterocycles. The second-order valence-corrected chi connectivity index (χ2v) is 2.99. The van der Waals surface area contributed by atoms with Crippen LogP contribution in [0.3, 0.4) is 0 Å². The molecule has 1 N–H and O–H groups in total. The first-order valence-corrected chi connectivity index (χ1v) is 4.03. The van der Waals surface area contributed by atoms with Crippen LogP contribution in [-0.2, 0) is 6.54 Å². The molecule has 0 radical (unpaired) electrons. The van der Waals surface area contributed by atoms with Gasteiger partial charge >= 0.3 is 0 Å². The molecule has 0 saturated heterocycles. The van der Waals surface area contributed by atoms with Crippen LogP contribution in [-0.4, -0.2) is 29.4 Å². The monoisotopic (exact) mass is 182 g/mol. The number of aromatic nitrogens is 1. The maximum absolute atomic E-state index is 9.00. The van der Waals surface area contributed by atoms with E-state index < -0.39 is 0 Å².